The van der Waals surface area contributed by atoms with E-state index in [9.17, 15) is 4.79 Å². The normalized spacial score (nSPS) is 14.9. The molecule has 24 heavy (non-hydrogen) atoms. The molecule has 0 atom stereocenters. The quantitative estimate of drug-likeness (QED) is 0.847. The van der Waals surface area contributed by atoms with Crippen molar-refractivity contribution >= 4 is 29.9 Å². The minimum absolute atomic E-state index is 0. The Bertz CT molecular complexity index is 653. The van der Waals surface area contributed by atoms with Crippen LogP contribution in [-0.4, -0.2) is 40.5 Å². The van der Waals surface area contributed by atoms with Crippen LogP contribution in [0.4, 0.5) is 0 Å². The van der Waals surface area contributed by atoms with Crippen LogP contribution in [-0.2, 0) is 6.42 Å². The number of benzene rings is 1. The average Bonchev–Trinajstić information content (AvgIpc) is 3.07. The first-order valence-corrected chi connectivity index (χ1v) is 8.25. The molecule has 0 bridgehead atoms. The van der Waals surface area contributed by atoms with Gasteiger partial charge in [-0.3, -0.25) is 4.79 Å². The fraction of sp³-hybridized carbons (Fsp3) is 0.438. The zero-order valence-electron chi connectivity index (χ0n) is 13.2. The van der Waals surface area contributed by atoms with E-state index in [-0.39, 0.29) is 18.3 Å². The third kappa shape index (κ3) is 4.93. The van der Waals surface area contributed by atoms with E-state index in [1.54, 1.807) is 6.20 Å². The van der Waals surface area contributed by atoms with Gasteiger partial charge >= 0.3 is 0 Å². The number of piperidine rings is 1. The lowest BCUT2D eigenvalue weighted by atomic mass is 10.1. The fourth-order valence-corrected chi connectivity index (χ4v) is 2.82. The summed E-state index contributed by atoms with van der Waals surface area (Å²) < 4.78 is 1.81. The van der Waals surface area contributed by atoms with Crippen molar-refractivity contribution in [2.75, 3.05) is 19.6 Å². The monoisotopic (exact) mass is 369 g/mol. The molecular weight excluding hydrogens is 349 g/mol. The lowest BCUT2D eigenvalue weighted by Gasteiger charge is -2.22. The summed E-state index contributed by atoms with van der Waals surface area (Å²) in [5.41, 5.74) is 1.51. The molecular formula is C16H21Cl2N5O. The zero-order chi connectivity index (χ0) is 16.1. The molecule has 130 valence electrons. The molecule has 0 aliphatic carbocycles. The number of carbonyl (C=O) groups excluding carboxylic acids is 1. The molecule has 8 heteroatoms. The molecule has 1 saturated heterocycles. The second-order valence-corrected chi connectivity index (χ2v) is 6.13. The second-order valence-electron chi connectivity index (χ2n) is 5.70. The molecule has 3 rings (SSSR count). The van der Waals surface area contributed by atoms with Gasteiger partial charge in [0.1, 0.15) is 0 Å². The summed E-state index contributed by atoms with van der Waals surface area (Å²) in [5.74, 6) is -0.181. The first-order chi connectivity index (χ1) is 11.2. The van der Waals surface area contributed by atoms with Gasteiger partial charge < -0.3 is 10.6 Å². The molecule has 1 amide bonds. The predicted octanol–water partition coefficient (Wildman–Crippen LogP) is 2.25. The Hall–Kier alpha value is -1.63. The van der Waals surface area contributed by atoms with Crippen LogP contribution in [0.1, 0.15) is 34.9 Å². The number of hydrogen-bond donors (Lipinski definition) is 2. The molecule has 1 aromatic carbocycles. The lowest BCUT2D eigenvalue weighted by Crippen LogP contribution is -2.29. The molecule has 1 aliphatic heterocycles. The summed E-state index contributed by atoms with van der Waals surface area (Å²) in [4.78, 5) is 12.1. The molecule has 0 saturated carbocycles. The van der Waals surface area contributed by atoms with Crippen LogP contribution in [0.25, 0.3) is 0 Å². The van der Waals surface area contributed by atoms with E-state index in [1.165, 1.54) is 0 Å². The van der Waals surface area contributed by atoms with E-state index < -0.39 is 0 Å². The molecule has 6 nitrogen and oxygen atoms in total. The van der Waals surface area contributed by atoms with Gasteiger partial charge in [-0.05, 0) is 50.0 Å². The van der Waals surface area contributed by atoms with E-state index in [2.05, 4.69) is 20.9 Å². The lowest BCUT2D eigenvalue weighted by molar-refractivity contribution is 0.0949. The molecule has 1 aromatic heterocycles. The van der Waals surface area contributed by atoms with Crippen molar-refractivity contribution < 1.29 is 4.79 Å². The fourth-order valence-electron chi connectivity index (χ4n) is 2.69. The van der Waals surface area contributed by atoms with Crippen molar-refractivity contribution in [3.63, 3.8) is 0 Å². The van der Waals surface area contributed by atoms with Gasteiger partial charge in [-0.15, -0.1) is 17.5 Å². The maximum Gasteiger partial charge on any atom is 0.273 e. The van der Waals surface area contributed by atoms with Gasteiger partial charge in [0.05, 0.1) is 12.2 Å². The van der Waals surface area contributed by atoms with Gasteiger partial charge in [0.15, 0.2) is 5.69 Å². The van der Waals surface area contributed by atoms with Crippen LogP contribution < -0.4 is 10.6 Å². The zero-order valence-corrected chi connectivity index (χ0v) is 14.8. The number of nitrogens with one attached hydrogen (secondary N) is 2. The van der Waals surface area contributed by atoms with Crippen LogP contribution in [0.3, 0.4) is 0 Å². The first kappa shape index (κ1) is 18.7. The van der Waals surface area contributed by atoms with Crippen molar-refractivity contribution in [1.29, 1.82) is 0 Å². The van der Waals surface area contributed by atoms with Crippen molar-refractivity contribution in [2.45, 2.75) is 25.3 Å². The van der Waals surface area contributed by atoms with Gasteiger partial charge in [-0.1, -0.05) is 28.9 Å². The van der Waals surface area contributed by atoms with E-state index in [4.69, 9.17) is 11.6 Å². The number of hydrogen-bond acceptors (Lipinski definition) is 4. The summed E-state index contributed by atoms with van der Waals surface area (Å²) in [6, 6.07) is 7.95. The van der Waals surface area contributed by atoms with E-state index in [0.717, 1.165) is 37.9 Å². The van der Waals surface area contributed by atoms with Gasteiger partial charge in [0.2, 0.25) is 0 Å². The van der Waals surface area contributed by atoms with Crippen molar-refractivity contribution in [2.24, 2.45) is 0 Å². The second kappa shape index (κ2) is 9.01. The number of halogens is 2. The van der Waals surface area contributed by atoms with Crippen molar-refractivity contribution in [3.05, 3.63) is 46.7 Å². The molecule has 2 N–H and O–H groups in total. The summed E-state index contributed by atoms with van der Waals surface area (Å²) in [6.45, 7) is 2.51. The highest BCUT2D eigenvalue weighted by atomic mass is 35.5. The van der Waals surface area contributed by atoms with Crippen LogP contribution in [0.15, 0.2) is 30.5 Å². The Morgan fingerprint density at radius 3 is 2.71 bits per heavy atom. The molecule has 0 spiro atoms. The molecule has 0 unspecified atom stereocenters. The highest BCUT2D eigenvalue weighted by molar-refractivity contribution is 6.30. The maximum absolute atomic E-state index is 12.1. The van der Waals surface area contributed by atoms with Gasteiger partial charge in [-0.25, -0.2) is 4.68 Å². The van der Waals surface area contributed by atoms with Crippen LogP contribution in [0.5, 0.6) is 0 Å². The number of carbonyl (C=O) groups is 1. The topological polar surface area (TPSA) is 71.8 Å². The Kier molecular flexibility index (Phi) is 7.02. The maximum atomic E-state index is 12.1. The third-order valence-electron chi connectivity index (χ3n) is 4.04. The third-order valence-corrected chi connectivity index (χ3v) is 4.29. The highest BCUT2D eigenvalue weighted by Crippen LogP contribution is 2.17. The summed E-state index contributed by atoms with van der Waals surface area (Å²) in [6.07, 6.45) is 4.53. The highest BCUT2D eigenvalue weighted by Gasteiger charge is 2.18. The SMILES string of the molecule is Cl.O=C(NCCc1ccc(Cl)cc1)c1cn(C2CCNCC2)nn1. The Labute approximate surface area is 152 Å². The minimum Gasteiger partial charge on any atom is -0.350 e. The van der Waals surface area contributed by atoms with Gasteiger partial charge in [0.25, 0.3) is 5.91 Å². The molecule has 2 aromatic rings. The van der Waals surface area contributed by atoms with Crippen molar-refractivity contribution in [1.82, 2.24) is 25.6 Å². The average molecular weight is 370 g/mol. The Balaban J connectivity index is 0.00000208. The molecule has 2 heterocycles. The first-order valence-electron chi connectivity index (χ1n) is 7.87. The van der Waals surface area contributed by atoms with Crippen LogP contribution >= 0.6 is 24.0 Å². The van der Waals surface area contributed by atoms with Crippen molar-refractivity contribution in [3.8, 4) is 0 Å². The predicted molar refractivity (Wildman–Crippen MR) is 95.9 cm³/mol. The minimum atomic E-state index is -0.181. The summed E-state index contributed by atoms with van der Waals surface area (Å²) in [5, 5.41) is 15.0. The van der Waals surface area contributed by atoms with E-state index in [1.807, 2.05) is 28.9 Å². The number of nitrogens with zero attached hydrogens (tertiary/aromatic N) is 3. The van der Waals surface area contributed by atoms with Crippen LogP contribution in [0, 0.1) is 0 Å². The van der Waals surface area contributed by atoms with Gasteiger partial charge in [0, 0.05) is 11.6 Å². The molecule has 1 aliphatic rings. The Morgan fingerprint density at radius 2 is 2.00 bits per heavy atom. The smallest absolute Gasteiger partial charge is 0.273 e. The number of rotatable bonds is 5. The van der Waals surface area contributed by atoms with E-state index in [0.29, 0.717) is 23.3 Å². The summed E-state index contributed by atoms with van der Waals surface area (Å²) in [7, 11) is 0. The largest absolute Gasteiger partial charge is 0.350 e. The molecule has 0 radical (unpaired) electrons. The molecule has 1 fully saturated rings. The number of aromatic nitrogens is 3. The standard InChI is InChI=1S/C16H20ClN5O.ClH/c17-13-3-1-12(2-4-13)5-10-19-16(23)15-11-22(21-20-15)14-6-8-18-9-7-14;/h1-4,11,14,18H,5-10H2,(H,19,23);1H. The number of amides is 1. The van der Waals surface area contributed by atoms with E-state index >= 15 is 0 Å². The van der Waals surface area contributed by atoms with Gasteiger partial charge in [-0.2, -0.15) is 0 Å². The van der Waals surface area contributed by atoms with Crippen LogP contribution in [0.2, 0.25) is 5.02 Å². The summed E-state index contributed by atoms with van der Waals surface area (Å²) >= 11 is 5.85. The Morgan fingerprint density at radius 1 is 1.29 bits per heavy atom.